The molecule has 1 atom stereocenters. The number of carbonyl (C=O) groups is 1. The minimum absolute atomic E-state index is 0.159. The molecule has 3 aromatic rings. The van der Waals surface area contributed by atoms with Crippen LogP contribution in [-0.4, -0.2) is 46.7 Å². The second-order valence-corrected chi connectivity index (χ2v) is 9.83. The maximum atomic E-state index is 13.2. The highest BCUT2D eigenvalue weighted by Crippen LogP contribution is 2.26. The topological polar surface area (TPSA) is 110 Å². The van der Waals surface area contributed by atoms with Crippen LogP contribution in [0.2, 0.25) is 0 Å². The Morgan fingerprint density at radius 3 is 2.87 bits per heavy atom. The molecule has 10 heteroatoms. The van der Waals surface area contributed by atoms with Gasteiger partial charge in [0.15, 0.2) is 0 Å². The number of rotatable bonds is 7. The quantitative estimate of drug-likeness (QED) is 0.598. The fourth-order valence-corrected chi connectivity index (χ4v) is 5.46. The number of benzene rings is 1. The zero-order valence-corrected chi connectivity index (χ0v) is 18.6. The summed E-state index contributed by atoms with van der Waals surface area (Å²) in [5, 5.41) is 11.1. The SMILES string of the molecule is CCCn1nnc2cc(S(=O)(=O)N3CCCC(C(=O)NCc4ccc(C)o4)C3)ccc21. The number of nitrogens with one attached hydrogen (secondary N) is 1. The third kappa shape index (κ3) is 4.49. The molecule has 3 heterocycles. The highest BCUT2D eigenvalue weighted by atomic mass is 32.2. The summed E-state index contributed by atoms with van der Waals surface area (Å²) in [6.45, 7) is 5.46. The largest absolute Gasteiger partial charge is 0.465 e. The van der Waals surface area contributed by atoms with Crippen molar-refractivity contribution >= 4 is 27.0 Å². The first-order valence-electron chi connectivity index (χ1n) is 10.5. The Balaban J connectivity index is 1.46. The number of carbonyl (C=O) groups excluding carboxylic acids is 1. The number of nitrogens with zero attached hydrogens (tertiary/aromatic N) is 4. The van der Waals surface area contributed by atoms with E-state index in [9.17, 15) is 13.2 Å². The second-order valence-electron chi connectivity index (χ2n) is 7.90. The van der Waals surface area contributed by atoms with Crippen LogP contribution in [0.1, 0.15) is 37.7 Å². The molecule has 1 N–H and O–H groups in total. The molecule has 0 spiro atoms. The molecule has 2 aromatic heterocycles. The maximum absolute atomic E-state index is 13.2. The van der Waals surface area contributed by atoms with Crippen molar-refractivity contribution in [3.63, 3.8) is 0 Å². The third-order valence-electron chi connectivity index (χ3n) is 5.55. The lowest BCUT2D eigenvalue weighted by atomic mass is 9.99. The summed E-state index contributed by atoms with van der Waals surface area (Å²) in [6.07, 6.45) is 2.20. The molecule has 0 bridgehead atoms. The van der Waals surface area contributed by atoms with Crippen LogP contribution in [0.5, 0.6) is 0 Å². The van der Waals surface area contributed by atoms with E-state index in [0.29, 0.717) is 37.2 Å². The Morgan fingerprint density at radius 1 is 1.29 bits per heavy atom. The molecule has 1 fully saturated rings. The highest BCUT2D eigenvalue weighted by molar-refractivity contribution is 7.89. The minimum Gasteiger partial charge on any atom is -0.465 e. The average molecular weight is 446 g/mol. The summed E-state index contributed by atoms with van der Waals surface area (Å²) in [6, 6.07) is 8.56. The van der Waals surface area contributed by atoms with Gasteiger partial charge in [0, 0.05) is 19.6 Å². The lowest BCUT2D eigenvalue weighted by Crippen LogP contribution is -2.45. The molecular weight excluding hydrogens is 418 g/mol. The number of hydrogen-bond acceptors (Lipinski definition) is 6. The van der Waals surface area contributed by atoms with Crippen molar-refractivity contribution in [1.29, 1.82) is 0 Å². The molecule has 4 rings (SSSR count). The minimum atomic E-state index is -3.73. The van der Waals surface area contributed by atoms with Gasteiger partial charge in [0.05, 0.1) is 22.9 Å². The number of furan rings is 1. The van der Waals surface area contributed by atoms with Gasteiger partial charge in [-0.15, -0.1) is 5.10 Å². The number of amides is 1. The third-order valence-corrected chi connectivity index (χ3v) is 7.41. The van der Waals surface area contributed by atoms with Crippen molar-refractivity contribution in [3.8, 4) is 0 Å². The van der Waals surface area contributed by atoms with Crippen molar-refractivity contribution in [3.05, 3.63) is 41.9 Å². The van der Waals surface area contributed by atoms with E-state index in [-0.39, 0.29) is 17.3 Å². The predicted octanol–water partition coefficient (Wildman–Crippen LogP) is 2.46. The molecule has 166 valence electrons. The molecule has 1 saturated heterocycles. The molecule has 1 aliphatic rings. The van der Waals surface area contributed by atoms with E-state index < -0.39 is 15.9 Å². The summed E-state index contributed by atoms with van der Waals surface area (Å²) in [7, 11) is -3.73. The number of sulfonamides is 1. The van der Waals surface area contributed by atoms with Gasteiger partial charge in [-0.3, -0.25) is 4.79 Å². The molecule has 0 radical (unpaired) electrons. The van der Waals surface area contributed by atoms with E-state index in [1.807, 2.05) is 26.0 Å². The van der Waals surface area contributed by atoms with Gasteiger partial charge in [-0.05, 0) is 56.5 Å². The standard InChI is InChI=1S/C21H27N5O4S/c1-3-10-26-20-9-8-18(12-19(20)23-24-26)31(28,29)25-11-4-5-16(14-25)21(27)22-13-17-7-6-15(2)30-17/h6-9,12,16H,3-5,10-11,13-14H2,1-2H3,(H,22,27). The van der Waals surface area contributed by atoms with Gasteiger partial charge in [-0.2, -0.15) is 4.31 Å². The highest BCUT2D eigenvalue weighted by Gasteiger charge is 2.33. The van der Waals surface area contributed by atoms with Crippen LogP contribution < -0.4 is 5.32 Å². The van der Waals surface area contributed by atoms with Crippen LogP contribution in [0.15, 0.2) is 39.6 Å². The molecule has 31 heavy (non-hydrogen) atoms. The van der Waals surface area contributed by atoms with Crippen LogP contribution in [0, 0.1) is 12.8 Å². The van der Waals surface area contributed by atoms with E-state index in [1.54, 1.807) is 22.9 Å². The monoisotopic (exact) mass is 445 g/mol. The number of aromatic nitrogens is 3. The Morgan fingerprint density at radius 2 is 2.13 bits per heavy atom. The first-order chi connectivity index (χ1) is 14.9. The number of fused-ring (bicyclic) bond motifs is 1. The molecular formula is C21H27N5O4S. The second kappa shape index (κ2) is 8.80. The summed E-state index contributed by atoms with van der Waals surface area (Å²) < 4.78 is 35.1. The normalized spacial score (nSPS) is 17.8. The van der Waals surface area contributed by atoms with E-state index in [4.69, 9.17) is 4.42 Å². The molecule has 0 saturated carbocycles. The molecule has 1 amide bonds. The smallest absolute Gasteiger partial charge is 0.243 e. The fraction of sp³-hybridized carbons (Fsp3) is 0.476. The summed E-state index contributed by atoms with van der Waals surface area (Å²) in [5.41, 5.74) is 1.36. The zero-order chi connectivity index (χ0) is 22.0. The van der Waals surface area contributed by atoms with Gasteiger partial charge in [0.1, 0.15) is 17.0 Å². The molecule has 1 aliphatic heterocycles. The van der Waals surface area contributed by atoms with E-state index in [2.05, 4.69) is 15.6 Å². The van der Waals surface area contributed by atoms with Crippen molar-refractivity contribution in [1.82, 2.24) is 24.6 Å². The van der Waals surface area contributed by atoms with Crippen molar-refractivity contribution < 1.29 is 17.6 Å². The Bertz CT molecular complexity index is 1180. The first-order valence-corrected chi connectivity index (χ1v) is 12.0. The van der Waals surface area contributed by atoms with Gasteiger partial charge in [-0.25, -0.2) is 13.1 Å². The zero-order valence-electron chi connectivity index (χ0n) is 17.7. The van der Waals surface area contributed by atoms with Gasteiger partial charge in [0.25, 0.3) is 0 Å². The van der Waals surface area contributed by atoms with E-state index in [1.165, 1.54) is 4.31 Å². The Kier molecular flexibility index (Phi) is 6.10. The Hall–Kier alpha value is -2.72. The van der Waals surface area contributed by atoms with Crippen LogP contribution in [0.3, 0.4) is 0 Å². The molecule has 0 aliphatic carbocycles. The predicted molar refractivity (Wildman–Crippen MR) is 115 cm³/mol. The summed E-state index contributed by atoms with van der Waals surface area (Å²) in [4.78, 5) is 12.8. The summed E-state index contributed by atoms with van der Waals surface area (Å²) >= 11 is 0. The lowest BCUT2D eigenvalue weighted by molar-refractivity contribution is -0.126. The van der Waals surface area contributed by atoms with Crippen LogP contribution in [0.4, 0.5) is 0 Å². The lowest BCUT2D eigenvalue weighted by Gasteiger charge is -2.31. The van der Waals surface area contributed by atoms with Crippen LogP contribution >= 0.6 is 0 Å². The van der Waals surface area contributed by atoms with Crippen molar-refractivity contribution in [2.24, 2.45) is 5.92 Å². The van der Waals surface area contributed by atoms with Gasteiger partial charge < -0.3 is 9.73 Å². The molecule has 9 nitrogen and oxygen atoms in total. The van der Waals surface area contributed by atoms with E-state index >= 15 is 0 Å². The average Bonchev–Trinajstić information content (AvgIpc) is 3.38. The van der Waals surface area contributed by atoms with Crippen LogP contribution in [-0.2, 0) is 27.9 Å². The van der Waals surface area contributed by atoms with Crippen molar-refractivity contribution in [2.45, 2.75) is 51.1 Å². The molecule has 1 unspecified atom stereocenters. The fourth-order valence-electron chi connectivity index (χ4n) is 3.91. The maximum Gasteiger partial charge on any atom is 0.243 e. The van der Waals surface area contributed by atoms with Crippen molar-refractivity contribution in [2.75, 3.05) is 13.1 Å². The Labute approximate surface area is 181 Å². The summed E-state index contributed by atoms with van der Waals surface area (Å²) in [5.74, 6) is 0.905. The van der Waals surface area contributed by atoms with Crippen LogP contribution in [0.25, 0.3) is 11.0 Å². The van der Waals surface area contributed by atoms with Gasteiger partial charge in [-0.1, -0.05) is 12.1 Å². The van der Waals surface area contributed by atoms with Gasteiger partial charge >= 0.3 is 0 Å². The van der Waals surface area contributed by atoms with Gasteiger partial charge in [0.2, 0.25) is 15.9 Å². The first kappa shape index (κ1) is 21.5. The number of piperidine rings is 1. The number of aryl methyl sites for hydroxylation is 2. The van der Waals surface area contributed by atoms with E-state index in [0.717, 1.165) is 24.2 Å². The number of hydrogen-bond donors (Lipinski definition) is 1. The molecule has 1 aromatic carbocycles.